The van der Waals surface area contributed by atoms with Crippen LogP contribution in [-0.4, -0.2) is 22.3 Å². The highest BCUT2D eigenvalue weighted by atomic mass is 16.5. The third-order valence-electron chi connectivity index (χ3n) is 3.77. The van der Waals surface area contributed by atoms with Gasteiger partial charge in [0.05, 0.1) is 5.70 Å². The van der Waals surface area contributed by atoms with Crippen molar-refractivity contribution < 1.29 is 19.7 Å². The van der Waals surface area contributed by atoms with E-state index in [1.165, 1.54) is 6.07 Å². The molecule has 2 N–H and O–H groups in total. The van der Waals surface area contributed by atoms with Crippen LogP contribution in [0, 0.1) is 4.91 Å². The van der Waals surface area contributed by atoms with Crippen LogP contribution in [0.15, 0.2) is 41.2 Å². The van der Waals surface area contributed by atoms with Crippen molar-refractivity contribution in [2.45, 2.75) is 45.1 Å². The third-order valence-corrected chi connectivity index (χ3v) is 3.77. The van der Waals surface area contributed by atoms with E-state index >= 15 is 0 Å². The van der Waals surface area contributed by atoms with Crippen molar-refractivity contribution in [3.63, 3.8) is 0 Å². The first-order chi connectivity index (χ1) is 11.5. The van der Waals surface area contributed by atoms with Crippen LogP contribution in [0.1, 0.15) is 48.5 Å². The number of esters is 1. The number of nitrogens with zero attached hydrogens (tertiary/aromatic N) is 1. The number of fused-ring (bicyclic) bond motifs is 1. The van der Waals surface area contributed by atoms with Crippen molar-refractivity contribution >= 4 is 5.97 Å². The van der Waals surface area contributed by atoms with E-state index in [0.29, 0.717) is 18.4 Å². The minimum atomic E-state index is -0.689. The van der Waals surface area contributed by atoms with Gasteiger partial charge in [0, 0.05) is 18.9 Å². The average molecular weight is 331 g/mol. The molecule has 0 radical (unpaired) electrons. The largest absolute Gasteiger partial charge is 0.508 e. The van der Waals surface area contributed by atoms with E-state index in [4.69, 9.17) is 4.74 Å². The smallest absolute Gasteiger partial charge is 0.342 e. The second-order valence-electron chi connectivity index (χ2n) is 5.82. The summed E-state index contributed by atoms with van der Waals surface area (Å²) in [5.41, 5.74) is 0.515. The van der Waals surface area contributed by atoms with Crippen LogP contribution in [0.25, 0.3) is 0 Å². The van der Waals surface area contributed by atoms with E-state index in [0.717, 1.165) is 18.9 Å². The van der Waals surface area contributed by atoms with Crippen LogP contribution < -0.4 is 0 Å². The normalized spacial score (nSPS) is 21.8. The first-order valence-corrected chi connectivity index (χ1v) is 7.94. The Balaban J connectivity index is 2.44. The predicted octanol–water partition coefficient (Wildman–Crippen LogP) is 3.97. The molecule has 128 valence electrons. The van der Waals surface area contributed by atoms with E-state index in [1.54, 1.807) is 13.0 Å². The second kappa shape index (κ2) is 8.29. The van der Waals surface area contributed by atoms with Gasteiger partial charge in [-0.25, -0.2) is 4.79 Å². The summed E-state index contributed by atoms with van der Waals surface area (Å²) in [7, 11) is 0. The van der Waals surface area contributed by atoms with Crippen LogP contribution in [0.5, 0.6) is 11.5 Å². The molecule has 0 saturated heterocycles. The van der Waals surface area contributed by atoms with Crippen molar-refractivity contribution in [3.8, 4) is 11.5 Å². The molecule has 1 unspecified atom stereocenters. The standard InChI is InChI=1S/C18H21NO5/c1-12-7-5-3-2-4-6-8-14(19-23)9-13-10-15(20)11-16(21)17(13)18(22)24-12/h3,5,8,10-12,20-21H,2,4,6-7,9H2,1H3/b5-3?,14-8+. The number of hydrogen-bond donors (Lipinski definition) is 2. The van der Waals surface area contributed by atoms with Gasteiger partial charge in [-0.2, -0.15) is 0 Å². The lowest BCUT2D eigenvalue weighted by Gasteiger charge is -2.15. The number of nitroso groups, excluding NO2 is 1. The fourth-order valence-corrected chi connectivity index (χ4v) is 2.58. The van der Waals surface area contributed by atoms with Crippen molar-refractivity contribution in [2.24, 2.45) is 5.18 Å². The first-order valence-electron chi connectivity index (χ1n) is 7.94. The van der Waals surface area contributed by atoms with E-state index in [9.17, 15) is 19.9 Å². The van der Waals surface area contributed by atoms with Crippen LogP contribution >= 0.6 is 0 Å². The molecule has 0 aliphatic carbocycles. The van der Waals surface area contributed by atoms with Gasteiger partial charge >= 0.3 is 5.97 Å². The molecule has 0 aromatic heterocycles. The van der Waals surface area contributed by atoms with Crippen LogP contribution in [0.2, 0.25) is 0 Å². The van der Waals surface area contributed by atoms with Crippen molar-refractivity contribution in [3.05, 3.63) is 52.1 Å². The Labute approximate surface area is 140 Å². The number of benzene rings is 1. The van der Waals surface area contributed by atoms with E-state index in [-0.39, 0.29) is 35.3 Å². The Morgan fingerprint density at radius 3 is 2.75 bits per heavy atom. The molecule has 1 heterocycles. The Morgan fingerprint density at radius 1 is 1.21 bits per heavy atom. The lowest BCUT2D eigenvalue weighted by Crippen LogP contribution is -2.16. The zero-order valence-electron chi connectivity index (χ0n) is 13.6. The quantitative estimate of drug-likeness (QED) is 0.461. The molecule has 1 aliphatic rings. The van der Waals surface area contributed by atoms with E-state index < -0.39 is 5.97 Å². The summed E-state index contributed by atoms with van der Waals surface area (Å²) < 4.78 is 5.35. The number of hydrogen-bond acceptors (Lipinski definition) is 6. The van der Waals surface area contributed by atoms with Gasteiger partial charge in [0.15, 0.2) is 0 Å². The monoisotopic (exact) mass is 331 g/mol. The molecule has 6 heteroatoms. The maximum Gasteiger partial charge on any atom is 0.342 e. The highest BCUT2D eigenvalue weighted by Crippen LogP contribution is 2.30. The Morgan fingerprint density at radius 2 is 2.00 bits per heavy atom. The number of phenols is 2. The molecule has 0 spiro atoms. The zero-order chi connectivity index (χ0) is 17.5. The average Bonchev–Trinajstić information content (AvgIpc) is 2.51. The minimum Gasteiger partial charge on any atom is -0.508 e. The summed E-state index contributed by atoms with van der Waals surface area (Å²) in [5, 5.41) is 22.7. The van der Waals surface area contributed by atoms with Crippen molar-refractivity contribution in [2.75, 3.05) is 0 Å². The Hall–Kier alpha value is -2.63. The number of carbonyl (C=O) groups is 1. The summed E-state index contributed by atoms with van der Waals surface area (Å²) in [6.45, 7) is 1.77. The van der Waals surface area contributed by atoms with Gasteiger partial charge in [0.25, 0.3) is 0 Å². The number of ether oxygens (including phenoxy) is 1. The predicted molar refractivity (Wildman–Crippen MR) is 89.8 cm³/mol. The number of carbonyl (C=O) groups excluding carboxylic acids is 1. The van der Waals surface area contributed by atoms with Gasteiger partial charge in [-0.3, -0.25) is 0 Å². The molecule has 1 aromatic carbocycles. The molecular formula is C18H21NO5. The van der Waals surface area contributed by atoms with Gasteiger partial charge in [-0.1, -0.05) is 18.2 Å². The summed E-state index contributed by atoms with van der Waals surface area (Å²) >= 11 is 0. The van der Waals surface area contributed by atoms with Crippen LogP contribution in [0.4, 0.5) is 0 Å². The molecule has 0 fully saturated rings. The van der Waals surface area contributed by atoms with E-state index in [1.807, 2.05) is 12.2 Å². The third kappa shape index (κ3) is 4.68. The molecule has 0 amide bonds. The maximum atomic E-state index is 12.4. The lowest BCUT2D eigenvalue weighted by molar-refractivity contribution is 0.0343. The van der Waals surface area contributed by atoms with E-state index in [2.05, 4.69) is 5.18 Å². The van der Waals surface area contributed by atoms with Gasteiger partial charge in [-0.05, 0) is 43.0 Å². The molecule has 24 heavy (non-hydrogen) atoms. The van der Waals surface area contributed by atoms with Crippen LogP contribution in [-0.2, 0) is 11.2 Å². The SMILES string of the molecule is CC1CC=CCCC/C=C(/N=O)Cc2cc(O)cc(O)c2C(=O)O1. The number of aromatic hydroxyl groups is 2. The van der Waals surface area contributed by atoms with Gasteiger partial charge in [0.2, 0.25) is 0 Å². The number of phenolic OH excluding ortho intramolecular Hbond substituents is 2. The summed E-state index contributed by atoms with van der Waals surface area (Å²) in [6, 6.07) is 2.41. The molecular weight excluding hydrogens is 310 g/mol. The van der Waals surface area contributed by atoms with Gasteiger partial charge in [0.1, 0.15) is 23.2 Å². The Kier molecular flexibility index (Phi) is 6.12. The lowest BCUT2D eigenvalue weighted by atomic mass is 10.0. The number of rotatable bonds is 1. The fraction of sp³-hybridized carbons (Fsp3) is 0.389. The molecule has 0 saturated carbocycles. The highest BCUT2D eigenvalue weighted by molar-refractivity contribution is 5.94. The first kappa shape index (κ1) is 17.7. The maximum absolute atomic E-state index is 12.4. The molecule has 1 aromatic rings. The zero-order valence-corrected chi connectivity index (χ0v) is 13.6. The van der Waals surface area contributed by atoms with Crippen molar-refractivity contribution in [1.29, 1.82) is 0 Å². The topological polar surface area (TPSA) is 96.2 Å². The van der Waals surface area contributed by atoms with Gasteiger partial charge in [-0.15, -0.1) is 4.91 Å². The number of cyclic esters (lactones) is 1. The fourth-order valence-electron chi connectivity index (χ4n) is 2.58. The molecule has 1 atom stereocenters. The minimum absolute atomic E-state index is 0.0418. The summed E-state index contributed by atoms with van der Waals surface area (Å²) in [6.07, 6.45) is 8.37. The van der Waals surface area contributed by atoms with Crippen LogP contribution in [0.3, 0.4) is 0 Å². The van der Waals surface area contributed by atoms with Gasteiger partial charge < -0.3 is 14.9 Å². The molecule has 1 aliphatic heterocycles. The second-order valence-corrected chi connectivity index (χ2v) is 5.82. The highest BCUT2D eigenvalue weighted by Gasteiger charge is 2.22. The summed E-state index contributed by atoms with van der Waals surface area (Å²) in [5.74, 6) is -1.26. The van der Waals surface area contributed by atoms with Crippen molar-refractivity contribution in [1.82, 2.24) is 0 Å². The molecule has 6 nitrogen and oxygen atoms in total. The molecule has 2 rings (SSSR count). The Bertz CT molecular complexity index is 678. The summed E-state index contributed by atoms with van der Waals surface area (Å²) in [4.78, 5) is 23.4. The molecule has 0 bridgehead atoms. The number of allylic oxidation sites excluding steroid dienone is 3.